The molecule has 1 aliphatic rings. The Morgan fingerprint density at radius 1 is 1.50 bits per heavy atom. The van der Waals surface area contributed by atoms with Crippen molar-refractivity contribution in [3.63, 3.8) is 0 Å². The van der Waals surface area contributed by atoms with Crippen LogP contribution in [0.2, 0.25) is 0 Å². The van der Waals surface area contributed by atoms with Crippen LogP contribution in [-0.4, -0.2) is 50.4 Å². The van der Waals surface area contributed by atoms with E-state index in [1.54, 1.807) is 20.2 Å². The Balaban J connectivity index is 2.23. The van der Waals surface area contributed by atoms with Gasteiger partial charge < -0.3 is 20.1 Å². The van der Waals surface area contributed by atoms with Crippen molar-refractivity contribution in [2.45, 2.75) is 25.5 Å². The maximum Gasteiger partial charge on any atom is 0.339 e. The molecule has 2 rings (SSSR count). The fourth-order valence-corrected chi connectivity index (χ4v) is 2.43. The van der Waals surface area contributed by atoms with Crippen molar-refractivity contribution in [1.82, 2.24) is 4.98 Å². The van der Waals surface area contributed by atoms with Crippen molar-refractivity contribution in [3.8, 4) is 0 Å². The molecule has 0 bridgehead atoms. The minimum Gasteiger partial charge on any atom is -0.465 e. The molecule has 2 N–H and O–H groups in total. The van der Waals surface area contributed by atoms with Crippen LogP contribution in [0.25, 0.3) is 0 Å². The Bertz CT molecular complexity index is 493. The fraction of sp³-hybridized carbons (Fsp3) is 0.571. The van der Waals surface area contributed by atoms with E-state index in [0.29, 0.717) is 17.8 Å². The first-order chi connectivity index (χ1) is 9.56. The Hall–Kier alpha value is -1.66. The van der Waals surface area contributed by atoms with E-state index in [4.69, 9.17) is 15.2 Å². The number of esters is 1. The van der Waals surface area contributed by atoms with Crippen LogP contribution in [0.4, 0.5) is 5.69 Å². The van der Waals surface area contributed by atoms with E-state index in [2.05, 4.69) is 9.88 Å². The molecule has 2 atom stereocenters. The van der Waals surface area contributed by atoms with Crippen LogP contribution in [0.5, 0.6) is 0 Å². The second-order valence-corrected chi connectivity index (χ2v) is 4.99. The largest absolute Gasteiger partial charge is 0.465 e. The number of ether oxygens (including phenoxy) is 2. The maximum absolute atomic E-state index is 11.7. The number of aryl methyl sites for hydroxylation is 1. The average molecular weight is 279 g/mol. The predicted molar refractivity (Wildman–Crippen MR) is 75.9 cm³/mol. The first-order valence-corrected chi connectivity index (χ1v) is 6.65. The van der Waals surface area contributed by atoms with Gasteiger partial charge in [0.2, 0.25) is 0 Å². The molecule has 0 unspecified atom stereocenters. The molecule has 110 valence electrons. The standard InChI is InChI=1S/C14H21N3O3/c1-9-11(14(18)20-3)6-10(7-16-9)17-5-4-12(15)13(8-17)19-2/h6-7,12-13H,4-5,8,15H2,1-3H3/t12-,13+/m0/s1. The second kappa shape index (κ2) is 6.19. The molecule has 0 aliphatic carbocycles. The minimum absolute atomic E-state index is 0.00775. The first-order valence-electron chi connectivity index (χ1n) is 6.65. The number of aromatic nitrogens is 1. The Kier molecular flexibility index (Phi) is 4.57. The zero-order valence-electron chi connectivity index (χ0n) is 12.1. The van der Waals surface area contributed by atoms with Crippen LogP contribution >= 0.6 is 0 Å². The summed E-state index contributed by atoms with van der Waals surface area (Å²) in [4.78, 5) is 18.1. The van der Waals surface area contributed by atoms with Gasteiger partial charge in [-0.05, 0) is 19.4 Å². The first kappa shape index (κ1) is 14.7. The molecular weight excluding hydrogens is 258 g/mol. The van der Waals surface area contributed by atoms with Crippen molar-refractivity contribution in [2.75, 3.05) is 32.2 Å². The van der Waals surface area contributed by atoms with Crippen LogP contribution in [0.15, 0.2) is 12.3 Å². The summed E-state index contributed by atoms with van der Waals surface area (Å²) in [5.41, 5.74) is 8.06. The van der Waals surface area contributed by atoms with Crippen LogP contribution < -0.4 is 10.6 Å². The number of piperidine rings is 1. The Labute approximate surface area is 118 Å². The zero-order valence-corrected chi connectivity index (χ0v) is 12.1. The summed E-state index contributed by atoms with van der Waals surface area (Å²) in [5, 5.41) is 0. The van der Waals surface area contributed by atoms with Gasteiger partial charge in [-0.15, -0.1) is 0 Å². The van der Waals surface area contributed by atoms with Gasteiger partial charge in [-0.2, -0.15) is 0 Å². The number of anilines is 1. The summed E-state index contributed by atoms with van der Waals surface area (Å²) < 4.78 is 10.2. The molecule has 1 aliphatic heterocycles. The normalized spacial score (nSPS) is 22.7. The van der Waals surface area contributed by atoms with Gasteiger partial charge in [-0.1, -0.05) is 0 Å². The quantitative estimate of drug-likeness (QED) is 0.822. The molecule has 0 amide bonds. The van der Waals surface area contributed by atoms with Crippen LogP contribution in [-0.2, 0) is 9.47 Å². The second-order valence-electron chi connectivity index (χ2n) is 4.99. The van der Waals surface area contributed by atoms with E-state index >= 15 is 0 Å². The van der Waals surface area contributed by atoms with Gasteiger partial charge >= 0.3 is 5.97 Å². The lowest BCUT2D eigenvalue weighted by Crippen LogP contribution is -2.51. The number of carbonyl (C=O) groups is 1. The van der Waals surface area contributed by atoms with E-state index in [0.717, 1.165) is 18.7 Å². The zero-order chi connectivity index (χ0) is 14.7. The maximum atomic E-state index is 11.7. The van der Waals surface area contributed by atoms with E-state index in [-0.39, 0.29) is 18.1 Å². The number of hydrogen-bond donors (Lipinski definition) is 1. The van der Waals surface area contributed by atoms with Crippen LogP contribution in [0.1, 0.15) is 22.5 Å². The van der Waals surface area contributed by atoms with Gasteiger partial charge in [0, 0.05) is 26.2 Å². The highest BCUT2D eigenvalue weighted by Gasteiger charge is 2.27. The Morgan fingerprint density at radius 3 is 2.90 bits per heavy atom. The number of carbonyl (C=O) groups excluding carboxylic acids is 1. The van der Waals surface area contributed by atoms with Gasteiger partial charge in [-0.3, -0.25) is 4.98 Å². The summed E-state index contributed by atoms with van der Waals surface area (Å²) >= 11 is 0. The molecule has 1 fully saturated rings. The van der Waals surface area contributed by atoms with Gasteiger partial charge in [0.25, 0.3) is 0 Å². The predicted octanol–water partition coefficient (Wildman–Crippen LogP) is 0.729. The highest BCUT2D eigenvalue weighted by atomic mass is 16.5. The molecule has 1 aromatic rings. The van der Waals surface area contributed by atoms with Gasteiger partial charge in [0.05, 0.1) is 36.4 Å². The topological polar surface area (TPSA) is 77.7 Å². The van der Waals surface area contributed by atoms with E-state index in [1.807, 2.05) is 6.07 Å². The molecule has 2 heterocycles. The number of rotatable bonds is 3. The summed E-state index contributed by atoms with van der Waals surface area (Å²) in [6.07, 6.45) is 2.61. The summed E-state index contributed by atoms with van der Waals surface area (Å²) in [6.45, 7) is 3.31. The number of pyridine rings is 1. The third-order valence-electron chi connectivity index (χ3n) is 3.76. The highest BCUT2D eigenvalue weighted by Crippen LogP contribution is 2.22. The molecule has 0 spiro atoms. The number of nitrogens with zero attached hydrogens (tertiary/aromatic N) is 2. The number of methoxy groups -OCH3 is 2. The number of nitrogens with two attached hydrogens (primary N) is 1. The van der Waals surface area contributed by atoms with Crippen LogP contribution in [0, 0.1) is 6.92 Å². The van der Waals surface area contributed by atoms with Gasteiger partial charge in [0.1, 0.15) is 0 Å². The summed E-state index contributed by atoms with van der Waals surface area (Å²) in [7, 11) is 3.04. The Morgan fingerprint density at radius 2 is 2.25 bits per heavy atom. The molecule has 1 saturated heterocycles. The SMILES string of the molecule is COC(=O)c1cc(N2CC[C@H](N)[C@H](OC)C2)cnc1C. The van der Waals surface area contributed by atoms with Crippen LogP contribution in [0.3, 0.4) is 0 Å². The lowest BCUT2D eigenvalue weighted by atomic mass is 10.0. The van der Waals surface area contributed by atoms with Crippen molar-refractivity contribution in [1.29, 1.82) is 0 Å². The highest BCUT2D eigenvalue weighted by molar-refractivity contribution is 5.91. The molecular formula is C14H21N3O3. The average Bonchev–Trinajstić information content (AvgIpc) is 2.47. The number of hydrogen-bond acceptors (Lipinski definition) is 6. The summed E-state index contributed by atoms with van der Waals surface area (Å²) in [5.74, 6) is -0.367. The van der Waals surface area contributed by atoms with Crippen molar-refractivity contribution < 1.29 is 14.3 Å². The third-order valence-corrected chi connectivity index (χ3v) is 3.76. The smallest absolute Gasteiger partial charge is 0.339 e. The molecule has 20 heavy (non-hydrogen) atoms. The molecule has 6 nitrogen and oxygen atoms in total. The lowest BCUT2D eigenvalue weighted by Gasteiger charge is -2.37. The molecule has 0 aromatic carbocycles. The van der Waals surface area contributed by atoms with E-state index in [1.165, 1.54) is 7.11 Å². The van der Waals surface area contributed by atoms with Gasteiger partial charge in [-0.25, -0.2) is 4.79 Å². The van der Waals surface area contributed by atoms with Crippen molar-refractivity contribution >= 4 is 11.7 Å². The molecule has 1 aromatic heterocycles. The minimum atomic E-state index is -0.367. The molecule has 6 heteroatoms. The van der Waals surface area contributed by atoms with E-state index in [9.17, 15) is 4.79 Å². The molecule has 0 saturated carbocycles. The summed E-state index contributed by atoms with van der Waals surface area (Å²) in [6, 6.07) is 1.87. The third kappa shape index (κ3) is 2.91. The van der Waals surface area contributed by atoms with Crippen molar-refractivity contribution in [2.24, 2.45) is 5.73 Å². The lowest BCUT2D eigenvalue weighted by molar-refractivity contribution is 0.0599. The monoisotopic (exact) mass is 279 g/mol. The van der Waals surface area contributed by atoms with E-state index < -0.39 is 0 Å². The fourth-order valence-electron chi connectivity index (χ4n) is 2.43. The van der Waals surface area contributed by atoms with Crippen molar-refractivity contribution in [3.05, 3.63) is 23.5 Å². The van der Waals surface area contributed by atoms with Gasteiger partial charge in [0.15, 0.2) is 0 Å². The molecule has 0 radical (unpaired) electrons.